The van der Waals surface area contributed by atoms with Gasteiger partial charge in [-0.3, -0.25) is 0 Å². The number of nitrogens with one attached hydrogen (secondary N) is 2. The van der Waals surface area contributed by atoms with Crippen molar-refractivity contribution >= 4 is 43.4 Å². The number of rotatable bonds is 0. The van der Waals surface area contributed by atoms with Gasteiger partial charge in [0.15, 0.2) is 11.1 Å². The SMILES string of the molecule is O=c1[nH]c2ccccc2c2[c-]c(ccc2)c(=O)[nH]c2ccccc2c2[c-]c1ccc2.[Pt+4]. The van der Waals surface area contributed by atoms with E-state index in [1.54, 1.807) is 12.1 Å². The van der Waals surface area contributed by atoms with Crippen molar-refractivity contribution in [3.63, 3.8) is 0 Å². The Kier molecular flexibility index (Phi) is 5.83. The largest absolute Gasteiger partial charge is 4.00 e. The number of H-pyrrole nitrogens is 2. The first-order valence-corrected chi connectivity index (χ1v) is 9.55. The molecule has 31 heavy (non-hydrogen) atoms. The van der Waals surface area contributed by atoms with Crippen LogP contribution in [0.25, 0.3) is 43.4 Å². The zero-order valence-electron chi connectivity index (χ0n) is 16.2. The molecule has 0 saturated heterocycles. The van der Waals surface area contributed by atoms with Gasteiger partial charge in [-0.25, -0.2) is 0 Å². The molecule has 0 aliphatic carbocycles. The Morgan fingerprint density at radius 3 is 1.32 bits per heavy atom. The van der Waals surface area contributed by atoms with Crippen molar-refractivity contribution in [2.75, 3.05) is 0 Å². The molecule has 4 nitrogen and oxygen atoms in total. The Morgan fingerprint density at radius 2 is 0.871 bits per heavy atom. The first kappa shape index (κ1) is 20.8. The van der Waals surface area contributed by atoms with Crippen LogP contribution in [0.5, 0.6) is 0 Å². The van der Waals surface area contributed by atoms with E-state index in [2.05, 4.69) is 22.1 Å². The number of aromatic amines is 2. The topological polar surface area (TPSA) is 65.7 Å². The zero-order valence-corrected chi connectivity index (χ0v) is 18.5. The van der Waals surface area contributed by atoms with Crippen molar-refractivity contribution in [3.8, 4) is 0 Å². The van der Waals surface area contributed by atoms with Crippen LogP contribution in [-0.2, 0) is 21.1 Å². The molecule has 0 atom stereocenters. The van der Waals surface area contributed by atoms with Gasteiger partial charge in [0.05, 0.1) is 0 Å². The summed E-state index contributed by atoms with van der Waals surface area (Å²) in [6.45, 7) is 0. The minimum atomic E-state index is -0.251. The Labute approximate surface area is 191 Å². The summed E-state index contributed by atoms with van der Waals surface area (Å²) in [6, 6.07) is 32.1. The second kappa shape index (κ2) is 8.71. The first-order chi connectivity index (χ1) is 14.7. The van der Waals surface area contributed by atoms with Crippen LogP contribution in [0.4, 0.5) is 0 Å². The number of hydrogen-bond acceptors (Lipinski definition) is 2. The summed E-state index contributed by atoms with van der Waals surface area (Å²) in [5.41, 5.74) is 0.790. The molecule has 0 spiro atoms. The fourth-order valence-corrected chi connectivity index (χ4v) is 3.55. The predicted molar refractivity (Wildman–Crippen MR) is 122 cm³/mol. The molecule has 0 unspecified atom stereocenters. The molecule has 0 aliphatic heterocycles. The third-order valence-corrected chi connectivity index (χ3v) is 5.01. The average Bonchev–Trinajstić information content (AvgIpc) is 2.79. The van der Waals surface area contributed by atoms with Gasteiger partial charge >= 0.3 is 21.1 Å². The third-order valence-electron chi connectivity index (χ3n) is 5.01. The van der Waals surface area contributed by atoms with E-state index < -0.39 is 0 Å². The molecule has 0 radical (unpaired) electrons. The van der Waals surface area contributed by atoms with E-state index in [0.29, 0.717) is 21.8 Å². The van der Waals surface area contributed by atoms with Crippen LogP contribution in [0.2, 0.25) is 0 Å². The molecule has 0 fully saturated rings. The summed E-state index contributed by atoms with van der Waals surface area (Å²) in [7, 11) is 0. The number of fused-ring (bicyclic) bond motifs is 8. The maximum Gasteiger partial charge on any atom is 4.00 e. The standard InChI is InChI=1S/C26H16N2O2.Pt/c29-25-20-10-6-8-18(16-20)22-12-2-4-14-24(22)28-26(30)19-9-5-7-17(15-19)21-11-1-3-13-23(21)27-25;/h1-14H,(H,27,29)(H,28,30);/q-2;+4. The monoisotopic (exact) mass is 583 g/mol. The van der Waals surface area contributed by atoms with Crippen molar-refractivity contribution in [1.82, 2.24) is 9.97 Å². The van der Waals surface area contributed by atoms with E-state index >= 15 is 0 Å². The van der Waals surface area contributed by atoms with Gasteiger partial charge in [-0.2, -0.15) is 0 Å². The van der Waals surface area contributed by atoms with Crippen molar-refractivity contribution in [2.24, 2.45) is 0 Å². The quantitative estimate of drug-likeness (QED) is 0.253. The Balaban J connectivity index is 0.00000231. The molecule has 150 valence electrons. The van der Waals surface area contributed by atoms with Gasteiger partial charge in [-0.1, -0.05) is 57.9 Å². The fraction of sp³-hybridized carbons (Fsp3) is 0. The zero-order chi connectivity index (χ0) is 20.5. The van der Waals surface area contributed by atoms with E-state index in [1.165, 1.54) is 0 Å². The smallest absolute Gasteiger partial charge is 0.360 e. The van der Waals surface area contributed by atoms with Gasteiger partial charge < -0.3 is 19.6 Å². The van der Waals surface area contributed by atoms with Crippen LogP contribution in [0.3, 0.4) is 0 Å². The molecule has 4 bridgehead atoms. The van der Waals surface area contributed by atoms with Crippen LogP contribution < -0.4 is 11.1 Å². The number of benzene rings is 4. The van der Waals surface area contributed by atoms with E-state index in [0.717, 1.165) is 21.5 Å². The summed E-state index contributed by atoms with van der Waals surface area (Å²) in [5.74, 6) is 0. The van der Waals surface area contributed by atoms with Crippen molar-refractivity contribution in [2.45, 2.75) is 0 Å². The molecule has 4 aromatic carbocycles. The van der Waals surface area contributed by atoms with Gasteiger partial charge in [0, 0.05) is 11.0 Å². The second-order valence-electron chi connectivity index (χ2n) is 6.96. The summed E-state index contributed by atoms with van der Waals surface area (Å²) < 4.78 is 0. The fourth-order valence-electron chi connectivity index (χ4n) is 3.55. The maximum atomic E-state index is 13.0. The van der Waals surface area contributed by atoms with E-state index in [9.17, 15) is 9.59 Å². The molecule has 5 rings (SSSR count). The minimum Gasteiger partial charge on any atom is -0.360 e. The van der Waals surface area contributed by atoms with Crippen molar-refractivity contribution in [1.29, 1.82) is 0 Å². The molecule has 2 N–H and O–H groups in total. The molecule has 5 aromatic rings. The number of para-hydroxylation sites is 2. The molecule has 0 aliphatic rings. The summed E-state index contributed by atoms with van der Waals surface area (Å²) in [5, 5.41) is 3.85. The third kappa shape index (κ3) is 4.08. The van der Waals surface area contributed by atoms with Crippen LogP contribution in [0, 0.1) is 12.1 Å². The van der Waals surface area contributed by atoms with Crippen LogP contribution in [0.15, 0.2) is 94.5 Å². The van der Waals surface area contributed by atoms with Gasteiger partial charge in [0.1, 0.15) is 0 Å². The van der Waals surface area contributed by atoms with Gasteiger partial charge in [0.25, 0.3) is 0 Å². The Hall–Kier alpha value is -3.49. The number of aromatic nitrogens is 2. The number of hydrogen-bond donors (Lipinski definition) is 2. The summed E-state index contributed by atoms with van der Waals surface area (Å²) in [4.78, 5) is 31.9. The van der Waals surface area contributed by atoms with Gasteiger partial charge in [0.2, 0.25) is 0 Å². The van der Waals surface area contributed by atoms with Gasteiger partial charge in [-0.05, 0) is 12.1 Å². The molecular formula is C26H16N2O2Pt+2. The minimum absolute atomic E-state index is 0. The molecular weight excluding hydrogens is 567 g/mol. The van der Waals surface area contributed by atoms with E-state index in [4.69, 9.17) is 0 Å². The van der Waals surface area contributed by atoms with Crippen molar-refractivity contribution in [3.05, 3.63) is 118 Å². The normalized spacial score (nSPS) is 10.6. The molecule has 0 saturated carbocycles. The summed E-state index contributed by atoms with van der Waals surface area (Å²) >= 11 is 0. The average molecular weight is 584 g/mol. The van der Waals surface area contributed by atoms with Crippen molar-refractivity contribution < 1.29 is 21.1 Å². The maximum absolute atomic E-state index is 13.0. The van der Waals surface area contributed by atoms with Crippen LogP contribution >= 0.6 is 0 Å². The Morgan fingerprint density at radius 1 is 0.484 bits per heavy atom. The molecule has 5 heteroatoms. The summed E-state index contributed by atoms with van der Waals surface area (Å²) in [6.07, 6.45) is 0. The van der Waals surface area contributed by atoms with Crippen LogP contribution in [0.1, 0.15) is 0 Å². The second-order valence-corrected chi connectivity index (χ2v) is 6.96. The molecule has 1 aromatic heterocycles. The van der Waals surface area contributed by atoms with E-state index in [-0.39, 0.29) is 32.2 Å². The van der Waals surface area contributed by atoms with Gasteiger partial charge in [-0.15, -0.1) is 59.3 Å². The molecule has 1 heterocycles. The molecule has 0 amide bonds. The predicted octanol–water partition coefficient (Wildman–Crippen LogP) is 4.96. The van der Waals surface area contributed by atoms with Crippen LogP contribution in [-0.4, -0.2) is 9.97 Å². The van der Waals surface area contributed by atoms with E-state index in [1.807, 2.05) is 72.8 Å². The first-order valence-electron chi connectivity index (χ1n) is 9.55. The Bertz CT molecular complexity index is 1530.